The van der Waals surface area contributed by atoms with Crippen molar-refractivity contribution in [3.63, 3.8) is 0 Å². The summed E-state index contributed by atoms with van der Waals surface area (Å²) in [5.74, 6) is -0.374. The molecule has 2 aromatic carbocycles. The Morgan fingerprint density at radius 2 is 1.74 bits per heavy atom. The smallest absolute Gasteiger partial charge is 0.255 e. The molecule has 0 atom stereocenters. The summed E-state index contributed by atoms with van der Waals surface area (Å²) >= 11 is 0. The number of sulfonamides is 2. The van der Waals surface area contributed by atoms with Gasteiger partial charge in [0.2, 0.25) is 20.0 Å². The van der Waals surface area contributed by atoms with E-state index in [-0.39, 0.29) is 40.7 Å². The summed E-state index contributed by atoms with van der Waals surface area (Å²) in [7, 11) is -5.98. The zero-order chi connectivity index (χ0) is 22.6. The zero-order valence-electron chi connectivity index (χ0n) is 17.0. The van der Waals surface area contributed by atoms with E-state index in [9.17, 15) is 21.6 Å². The maximum absolute atomic E-state index is 13.1. The normalized spacial score (nSPS) is 15.3. The molecule has 1 aliphatic rings. The van der Waals surface area contributed by atoms with Gasteiger partial charge in [-0.1, -0.05) is 6.07 Å². The van der Waals surface area contributed by atoms with E-state index in [0.717, 1.165) is 6.26 Å². The highest BCUT2D eigenvalue weighted by atomic mass is 32.2. The van der Waals surface area contributed by atoms with E-state index in [1.165, 1.54) is 53.9 Å². The Kier molecular flexibility index (Phi) is 6.84. The average Bonchev–Trinajstić information content (AvgIpc) is 2.73. The van der Waals surface area contributed by atoms with Crippen LogP contribution in [0, 0.1) is 0 Å². The first-order valence-electron chi connectivity index (χ1n) is 9.25. The number of benzene rings is 2. The lowest BCUT2D eigenvalue weighted by atomic mass is 10.2. The molecule has 0 bridgehead atoms. The van der Waals surface area contributed by atoms with E-state index >= 15 is 0 Å². The van der Waals surface area contributed by atoms with Gasteiger partial charge in [-0.05, 0) is 36.4 Å². The molecule has 1 aliphatic heterocycles. The van der Waals surface area contributed by atoms with Crippen molar-refractivity contribution in [1.82, 2.24) is 4.31 Å². The number of hydrogen-bond donors (Lipinski definition) is 2. The number of carbonyl (C=O) groups is 1. The predicted molar refractivity (Wildman–Crippen MR) is 115 cm³/mol. The van der Waals surface area contributed by atoms with Crippen LogP contribution in [0.2, 0.25) is 0 Å². The van der Waals surface area contributed by atoms with E-state index in [0.29, 0.717) is 13.2 Å². The van der Waals surface area contributed by atoms with Crippen LogP contribution in [-0.4, -0.2) is 66.7 Å². The third-order valence-corrected chi connectivity index (χ3v) is 6.96. The number of anilines is 2. The molecular weight excluding hydrogens is 446 g/mol. The fourth-order valence-electron chi connectivity index (χ4n) is 3.02. The summed E-state index contributed by atoms with van der Waals surface area (Å²) < 4.78 is 63.0. The molecule has 0 radical (unpaired) electrons. The van der Waals surface area contributed by atoms with E-state index in [1.807, 2.05) is 0 Å². The van der Waals surface area contributed by atoms with Gasteiger partial charge in [-0.25, -0.2) is 16.8 Å². The monoisotopic (exact) mass is 469 g/mol. The molecule has 1 fully saturated rings. The van der Waals surface area contributed by atoms with Gasteiger partial charge in [0.25, 0.3) is 5.91 Å². The van der Waals surface area contributed by atoms with Crippen molar-refractivity contribution in [3.8, 4) is 5.75 Å². The Morgan fingerprint density at radius 1 is 1.03 bits per heavy atom. The standard InChI is InChI=1S/C19H23N3O7S2/c1-28-17-7-6-15(13-18(17)31(26,27)22-8-10-29-11-9-22)20-19(23)14-4-3-5-16(12-14)21-30(2,24)25/h3-7,12-13,21H,8-11H2,1-2H3,(H,20,23). The highest BCUT2D eigenvalue weighted by Gasteiger charge is 2.29. The molecule has 0 unspecified atom stereocenters. The van der Waals surface area contributed by atoms with Crippen LogP contribution in [0.1, 0.15) is 10.4 Å². The van der Waals surface area contributed by atoms with Crippen molar-refractivity contribution in [2.24, 2.45) is 0 Å². The number of morpholine rings is 1. The highest BCUT2D eigenvalue weighted by molar-refractivity contribution is 7.92. The van der Waals surface area contributed by atoms with E-state index < -0.39 is 26.0 Å². The topological polar surface area (TPSA) is 131 Å². The Morgan fingerprint density at radius 3 is 2.39 bits per heavy atom. The molecule has 1 amide bonds. The van der Waals surface area contributed by atoms with Gasteiger partial charge in [0, 0.05) is 30.0 Å². The Balaban J connectivity index is 1.86. The predicted octanol–water partition coefficient (Wildman–Crippen LogP) is 1.34. The lowest BCUT2D eigenvalue weighted by Gasteiger charge is -2.26. The van der Waals surface area contributed by atoms with Gasteiger partial charge in [0.1, 0.15) is 10.6 Å². The third kappa shape index (κ3) is 5.73. The van der Waals surface area contributed by atoms with E-state index in [4.69, 9.17) is 9.47 Å². The summed E-state index contributed by atoms with van der Waals surface area (Å²) in [5.41, 5.74) is 0.682. The van der Waals surface area contributed by atoms with Gasteiger partial charge in [0.15, 0.2) is 0 Å². The summed E-state index contributed by atoms with van der Waals surface area (Å²) in [6.07, 6.45) is 1.01. The zero-order valence-corrected chi connectivity index (χ0v) is 18.6. The summed E-state index contributed by atoms with van der Waals surface area (Å²) in [4.78, 5) is 12.6. The van der Waals surface area contributed by atoms with Crippen LogP contribution in [0.15, 0.2) is 47.4 Å². The largest absolute Gasteiger partial charge is 0.495 e. The van der Waals surface area contributed by atoms with Crippen molar-refractivity contribution in [3.05, 3.63) is 48.0 Å². The maximum Gasteiger partial charge on any atom is 0.255 e. The molecule has 2 N–H and O–H groups in total. The molecule has 31 heavy (non-hydrogen) atoms. The molecule has 3 rings (SSSR count). The maximum atomic E-state index is 13.1. The number of nitrogens with one attached hydrogen (secondary N) is 2. The van der Waals surface area contributed by atoms with Gasteiger partial charge in [-0.15, -0.1) is 0 Å². The van der Waals surface area contributed by atoms with Gasteiger partial charge < -0.3 is 14.8 Å². The van der Waals surface area contributed by atoms with Crippen LogP contribution in [-0.2, 0) is 24.8 Å². The summed E-state index contributed by atoms with van der Waals surface area (Å²) in [6, 6.07) is 10.3. The van der Waals surface area contributed by atoms with Crippen LogP contribution in [0.4, 0.5) is 11.4 Å². The molecular formula is C19H23N3O7S2. The molecule has 12 heteroatoms. The molecule has 0 spiro atoms. The Bertz CT molecular complexity index is 1170. The number of hydrogen-bond acceptors (Lipinski definition) is 7. The quantitative estimate of drug-likeness (QED) is 0.626. The fraction of sp³-hybridized carbons (Fsp3) is 0.316. The lowest BCUT2D eigenvalue weighted by Crippen LogP contribution is -2.40. The van der Waals surface area contributed by atoms with Gasteiger partial charge in [0.05, 0.1) is 26.6 Å². The fourth-order valence-corrected chi connectivity index (χ4v) is 5.17. The first kappa shape index (κ1) is 23.0. The first-order chi connectivity index (χ1) is 14.6. The number of carbonyl (C=O) groups excluding carboxylic acids is 1. The van der Waals surface area contributed by atoms with Gasteiger partial charge >= 0.3 is 0 Å². The van der Waals surface area contributed by atoms with E-state index in [2.05, 4.69) is 10.0 Å². The summed E-state index contributed by atoms with van der Waals surface area (Å²) in [6.45, 7) is 1.05. The van der Waals surface area contributed by atoms with Crippen LogP contribution in [0.5, 0.6) is 5.75 Å². The SMILES string of the molecule is COc1ccc(NC(=O)c2cccc(NS(C)(=O)=O)c2)cc1S(=O)(=O)N1CCOCC1. The second kappa shape index (κ2) is 9.22. The van der Waals surface area contributed by atoms with Crippen LogP contribution in [0.25, 0.3) is 0 Å². The van der Waals surface area contributed by atoms with Crippen molar-refractivity contribution >= 4 is 37.3 Å². The molecule has 0 saturated carbocycles. The van der Waals surface area contributed by atoms with Gasteiger partial charge in [-0.2, -0.15) is 4.31 Å². The average molecular weight is 470 g/mol. The minimum Gasteiger partial charge on any atom is -0.495 e. The molecule has 1 heterocycles. The number of rotatable bonds is 7. The summed E-state index contributed by atoms with van der Waals surface area (Å²) in [5, 5.41) is 2.64. The number of methoxy groups -OCH3 is 1. The van der Waals surface area contributed by atoms with E-state index in [1.54, 1.807) is 0 Å². The molecule has 1 saturated heterocycles. The van der Waals surface area contributed by atoms with Crippen molar-refractivity contribution in [1.29, 1.82) is 0 Å². The number of amides is 1. The van der Waals surface area contributed by atoms with Gasteiger partial charge in [-0.3, -0.25) is 9.52 Å². The first-order valence-corrected chi connectivity index (χ1v) is 12.6. The molecule has 2 aromatic rings. The van der Waals surface area contributed by atoms with Crippen molar-refractivity contribution < 1.29 is 31.1 Å². The van der Waals surface area contributed by atoms with Crippen molar-refractivity contribution in [2.45, 2.75) is 4.90 Å². The number of ether oxygens (including phenoxy) is 2. The van der Waals surface area contributed by atoms with Crippen LogP contribution < -0.4 is 14.8 Å². The molecule has 0 aromatic heterocycles. The highest BCUT2D eigenvalue weighted by Crippen LogP contribution is 2.30. The Hall–Kier alpha value is -2.67. The van der Waals surface area contributed by atoms with Crippen molar-refractivity contribution in [2.75, 3.05) is 49.7 Å². The Labute approximate surface area is 181 Å². The third-order valence-electron chi connectivity index (χ3n) is 4.44. The minimum atomic E-state index is -3.85. The van der Waals surface area contributed by atoms with Crippen LogP contribution >= 0.6 is 0 Å². The second-order valence-corrected chi connectivity index (χ2v) is 10.4. The van der Waals surface area contributed by atoms with Crippen LogP contribution in [0.3, 0.4) is 0 Å². The molecule has 168 valence electrons. The minimum absolute atomic E-state index is 0.0674. The number of nitrogens with zero attached hydrogens (tertiary/aromatic N) is 1. The molecule has 0 aliphatic carbocycles. The lowest BCUT2D eigenvalue weighted by molar-refractivity contribution is 0.0729. The second-order valence-electron chi connectivity index (χ2n) is 6.79. The molecule has 10 nitrogen and oxygen atoms in total.